The molecule has 5 aliphatic carbocycles. The Bertz CT molecular complexity index is 626. The third-order valence-electron chi connectivity index (χ3n) is 12.0. The second kappa shape index (κ2) is 6.98. The fourth-order valence-electron chi connectivity index (χ4n) is 10.6. The highest BCUT2D eigenvalue weighted by Crippen LogP contribution is 2.82. The Morgan fingerprint density at radius 1 is 0.931 bits per heavy atom. The van der Waals surface area contributed by atoms with Gasteiger partial charge >= 0.3 is 0 Å². The molecule has 5 aliphatic rings. The first-order valence-corrected chi connectivity index (χ1v) is 13.3. The lowest BCUT2D eigenvalue weighted by Gasteiger charge is -2.61. The first-order chi connectivity index (χ1) is 13.8. The molecular weight excluding hydrogens is 352 g/mol. The van der Waals surface area contributed by atoms with E-state index in [1.165, 1.54) is 70.6 Å². The summed E-state index contributed by atoms with van der Waals surface area (Å²) in [5, 5.41) is 0. The number of fused-ring (bicyclic) bond motifs is 4. The molecule has 1 nitrogen and oxygen atoms in total. The zero-order valence-corrected chi connectivity index (χ0v) is 20.3. The Morgan fingerprint density at radius 3 is 2.41 bits per heavy atom. The van der Waals surface area contributed by atoms with Crippen molar-refractivity contribution >= 4 is 0 Å². The molecule has 0 radical (unpaired) electrons. The molecule has 0 unspecified atom stereocenters. The topological polar surface area (TPSA) is 9.23 Å². The average Bonchev–Trinajstić information content (AvgIpc) is 3.18. The fourth-order valence-corrected chi connectivity index (χ4v) is 10.6. The minimum Gasteiger partial charge on any atom is -0.381 e. The van der Waals surface area contributed by atoms with Crippen LogP contribution in [0.25, 0.3) is 0 Å². The van der Waals surface area contributed by atoms with Gasteiger partial charge in [-0.25, -0.2) is 0 Å². The van der Waals surface area contributed by atoms with E-state index in [1.54, 1.807) is 0 Å². The molecule has 0 aliphatic heterocycles. The molecule has 0 heterocycles. The summed E-state index contributed by atoms with van der Waals surface area (Å²) in [4.78, 5) is 0. The fraction of sp³-hybridized carbons (Fsp3) is 1.00. The van der Waals surface area contributed by atoms with Crippen molar-refractivity contribution in [3.05, 3.63) is 0 Å². The van der Waals surface area contributed by atoms with E-state index in [-0.39, 0.29) is 0 Å². The summed E-state index contributed by atoms with van der Waals surface area (Å²) in [7, 11) is 2.03. The maximum atomic E-state index is 6.30. The lowest BCUT2D eigenvalue weighted by Crippen LogP contribution is -2.57. The van der Waals surface area contributed by atoms with Crippen LogP contribution in [0.3, 0.4) is 0 Å². The smallest absolute Gasteiger partial charge is 0.0638 e. The predicted molar refractivity (Wildman–Crippen MR) is 122 cm³/mol. The van der Waals surface area contributed by atoms with Crippen LogP contribution in [-0.4, -0.2) is 13.2 Å². The first-order valence-electron chi connectivity index (χ1n) is 13.3. The molecule has 10 atom stereocenters. The maximum absolute atomic E-state index is 6.30. The molecule has 0 aromatic rings. The summed E-state index contributed by atoms with van der Waals surface area (Å²) in [6.45, 7) is 12.8. The van der Waals surface area contributed by atoms with Gasteiger partial charge in [0.1, 0.15) is 0 Å². The van der Waals surface area contributed by atoms with E-state index in [9.17, 15) is 0 Å². The van der Waals surface area contributed by atoms with Crippen molar-refractivity contribution in [1.29, 1.82) is 0 Å². The summed E-state index contributed by atoms with van der Waals surface area (Å²) >= 11 is 0. The number of ether oxygens (including phenoxy) is 1. The van der Waals surface area contributed by atoms with Crippen LogP contribution < -0.4 is 0 Å². The van der Waals surface area contributed by atoms with Gasteiger partial charge in [-0.1, -0.05) is 53.9 Å². The standard InChI is InChI=1S/C28H48O/c1-18(2)8-7-9-19(3)22-10-11-23-21-16-25(29-6)28-17-20(28)12-15-27(28,5)24(21)13-14-26(22,23)4/h18-25H,7-17H2,1-6H3/t19-,20-,21-,22-,23+,24+,25-,26+,27-,28-/m1/s1. The highest BCUT2D eigenvalue weighted by molar-refractivity contribution is 5.26. The summed E-state index contributed by atoms with van der Waals surface area (Å²) in [6, 6.07) is 0. The molecule has 0 aromatic carbocycles. The van der Waals surface area contributed by atoms with Crippen LogP contribution in [0.4, 0.5) is 0 Å². The first kappa shape index (κ1) is 20.8. The second-order valence-electron chi connectivity index (χ2n) is 13.3. The van der Waals surface area contributed by atoms with E-state index in [2.05, 4.69) is 34.6 Å². The van der Waals surface area contributed by atoms with Crippen molar-refractivity contribution in [3.63, 3.8) is 0 Å². The van der Waals surface area contributed by atoms with Crippen LogP contribution in [-0.2, 0) is 4.74 Å². The zero-order valence-electron chi connectivity index (χ0n) is 20.3. The molecule has 5 saturated carbocycles. The molecule has 29 heavy (non-hydrogen) atoms. The highest BCUT2D eigenvalue weighted by atomic mass is 16.5. The predicted octanol–water partition coefficient (Wildman–Crippen LogP) is 7.73. The van der Waals surface area contributed by atoms with Gasteiger partial charge in [-0.3, -0.25) is 0 Å². The van der Waals surface area contributed by atoms with Gasteiger partial charge < -0.3 is 4.74 Å². The SMILES string of the molecule is CO[C@@H]1C[C@@H]2[C@@H]3CC[C@H]([C@H](C)CCCC(C)C)[C@]3(C)CC[C@@H]2[C@@]2(C)CC[C@@H]3C[C@@]312. The van der Waals surface area contributed by atoms with Crippen molar-refractivity contribution in [3.8, 4) is 0 Å². The monoisotopic (exact) mass is 400 g/mol. The molecule has 0 N–H and O–H groups in total. The molecule has 0 bridgehead atoms. The molecule has 0 saturated heterocycles. The van der Waals surface area contributed by atoms with E-state index in [4.69, 9.17) is 4.74 Å². The summed E-state index contributed by atoms with van der Waals surface area (Å²) < 4.78 is 6.30. The summed E-state index contributed by atoms with van der Waals surface area (Å²) in [6.07, 6.45) is 16.8. The quantitative estimate of drug-likeness (QED) is 0.443. The second-order valence-corrected chi connectivity index (χ2v) is 13.3. The number of hydrogen-bond acceptors (Lipinski definition) is 1. The molecule has 1 spiro atoms. The van der Waals surface area contributed by atoms with Gasteiger partial charge in [0, 0.05) is 12.5 Å². The third kappa shape index (κ3) is 2.74. The molecule has 166 valence electrons. The van der Waals surface area contributed by atoms with Crippen molar-refractivity contribution in [2.24, 2.45) is 57.7 Å². The Labute approximate surface area is 181 Å². The normalized spacial score (nSPS) is 53.9. The summed E-state index contributed by atoms with van der Waals surface area (Å²) in [5.74, 6) is 6.68. The molecular formula is C28H48O. The Hall–Kier alpha value is -0.0400. The van der Waals surface area contributed by atoms with Crippen molar-refractivity contribution in [1.82, 2.24) is 0 Å². The Balaban J connectivity index is 1.35. The Morgan fingerprint density at radius 2 is 1.72 bits per heavy atom. The van der Waals surface area contributed by atoms with Crippen LogP contribution in [0.15, 0.2) is 0 Å². The summed E-state index contributed by atoms with van der Waals surface area (Å²) in [5.41, 5.74) is 1.78. The molecule has 1 heteroatoms. The van der Waals surface area contributed by atoms with Gasteiger partial charge in [-0.2, -0.15) is 0 Å². The Kier molecular flexibility index (Phi) is 5.02. The van der Waals surface area contributed by atoms with Crippen LogP contribution in [0.2, 0.25) is 0 Å². The van der Waals surface area contributed by atoms with Gasteiger partial charge in [0.05, 0.1) is 6.10 Å². The van der Waals surface area contributed by atoms with Gasteiger partial charge in [0.15, 0.2) is 0 Å². The molecule has 5 fully saturated rings. The zero-order chi connectivity index (χ0) is 20.6. The molecule has 5 rings (SSSR count). The minimum absolute atomic E-state index is 0.561. The highest BCUT2D eigenvalue weighted by Gasteiger charge is 2.77. The lowest BCUT2D eigenvalue weighted by atomic mass is 9.45. The van der Waals surface area contributed by atoms with Crippen molar-refractivity contribution < 1.29 is 4.74 Å². The molecule has 0 amide bonds. The van der Waals surface area contributed by atoms with Gasteiger partial charge in [0.25, 0.3) is 0 Å². The van der Waals surface area contributed by atoms with E-state index >= 15 is 0 Å². The minimum atomic E-state index is 0.561. The number of rotatable bonds is 6. The van der Waals surface area contributed by atoms with E-state index in [0.717, 1.165) is 41.4 Å². The van der Waals surface area contributed by atoms with E-state index in [1.807, 2.05) is 7.11 Å². The van der Waals surface area contributed by atoms with Gasteiger partial charge in [0.2, 0.25) is 0 Å². The van der Waals surface area contributed by atoms with E-state index in [0.29, 0.717) is 22.3 Å². The third-order valence-corrected chi connectivity index (χ3v) is 12.0. The van der Waals surface area contributed by atoms with Crippen LogP contribution in [0, 0.1) is 57.7 Å². The maximum Gasteiger partial charge on any atom is 0.0638 e. The van der Waals surface area contributed by atoms with Crippen LogP contribution in [0.5, 0.6) is 0 Å². The van der Waals surface area contributed by atoms with Crippen LogP contribution >= 0.6 is 0 Å². The van der Waals surface area contributed by atoms with Gasteiger partial charge in [-0.05, 0) is 104 Å². The number of methoxy groups -OCH3 is 1. The van der Waals surface area contributed by atoms with Crippen LogP contribution in [0.1, 0.15) is 105 Å². The largest absolute Gasteiger partial charge is 0.381 e. The van der Waals surface area contributed by atoms with Crippen molar-refractivity contribution in [2.75, 3.05) is 7.11 Å². The number of hydrogen-bond donors (Lipinski definition) is 0. The lowest BCUT2D eigenvalue weighted by molar-refractivity contribution is -0.161. The average molecular weight is 401 g/mol. The van der Waals surface area contributed by atoms with E-state index < -0.39 is 0 Å². The van der Waals surface area contributed by atoms with Crippen molar-refractivity contribution in [2.45, 2.75) is 111 Å². The molecule has 0 aromatic heterocycles. The van der Waals surface area contributed by atoms with Gasteiger partial charge in [-0.15, -0.1) is 0 Å².